The molecule has 1 saturated carbocycles. The van der Waals surface area contributed by atoms with E-state index in [1.807, 2.05) is 0 Å². The predicted molar refractivity (Wildman–Crippen MR) is 93.4 cm³/mol. The number of amides is 1. The van der Waals surface area contributed by atoms with Gasteiger partial charge in [-0.1, -0.05) is 30.9 Å². The van der Waals surface area contributed by atoms with Crippen LogP contribution in [0.15, 0.2) is 18.2 Å². The van der Waals surface area contributed by atoms with E-state index in [1.165, 1.54) is 26.4 Å². The largest absolute Gasteiger partial charge is 0.495 e. The zero-order valence-electron chi connectivity index (χ0n) is 14.1. The summed E-state index contributed by atoms with van der Waals surface area (Å²) in [5.41, 5.74) is 0.449. The summed E-state index contributed by atoms with van der Waals surface area (Å²) in [7, 11) is 1.51. The Morgan fingerprint density at radius 1 is 1.29 bits per heavy atom. The van der Waals surface area contributed by atoms with Crippen molar-refractivity contribution in [3.05, 3.63) is 23.2 Å². The van der Waals surface area contributed by atoms with E-state index in [0.717, 1.165) is 12.8 Å². The predicted octanol–water partition coefficient (Wildman–Crippen LogP) is 4.19. The molecule has 1 aromatic carbocycles. The first-order chi connectivity index (χ1) is 11.5. The molecule has 2 rings (SSSR count). The lowest BCUT2D eigenvalue weighted by atomic mass is 9.87. The highest BCUT2D eigenvalue weighted by Gasteiger charge is 2.22. The quantitative estimate of drug-likeness (QED) is 0.779. The van der Waals surface area contributed by atoms with Gasteiger partial charge in [-0.25, -0.2) is 0 Å². The van der Waals surface area contributed by atoms with Crippen molar-refractivity contribution in [3.8, 4) is 5.75 Å². The summed E-state index contributed by atoms with van der Waals surface area (Å²) in [4.78, 5) is 24.2. The molecule has 5 nitrogen and oxygen atoms in total. The summed E-state index contributed by atoms with van der Waals surface area (Å²) in [6.07, 6.45) is 5.23. The third-order valence-electron chi connectivity index (χ3n) is 4.28. The third-order valence-corrected chi connectivity index (χ3v) is 4.51. The Hall–Kier alpha value is -1.75. The lowest BCUT2D eigenvalue weighted by Gasteiger charge is -2.21. The van der Waals surface area contributed by atoms with Crippen molar-refractivity contribution >= 4 is 29.2 Å². The number of rotatable bonds is 6. The second-order valence-electron chi connectivity index (χ2n) is 6.17. The standard InChI is InChI=1S/C18H24ClNO4/c1-12(24-17(21)10-13-6-4-3-5-7-13)18(22)20-15-11-14(19)8-9-16(15)23-2/h8-9,11-13H,3-7,10H2,1-2H3,(H,20,22). The van der Waals surface area contributed by atoms with E-state index in [2.05, 4.69) is 5.32 Å². The Balaban J connectivity index is 1.87. The summed E-state index contributed by atoms with van der Waals surface area (Å²) in [6.45, 7) is 1.56. The molecule has 1 unspecified atom stereocenters. The minimum Gasteiger partial charge on any atom is -0.495 e. The maximum Gasteiger partial charge on any atom is 0.306 e. The second kappa shape index (κ2) is 8.92. The zero-order chi connectivity index (χ0) is 17.5. The molecule has 1 N–H and O–H groups in total. The second-order valence-corrected chi connectivity index (χ2v) is 6.61. The lowest BCUT2D eigenvalue weighted by Crippen LogP contribution is -2.30. The van der Waals surface area contributed by atoms with E-state index in [1.54, 1.807) is 25.1 Å². The number of methoxy groups -OCH3 is 1. The number of anilines is 1. The van der Waals surface area contributed by atoms with Crippen LogP contribution in [0.3, 0.4) is 0 Å². The van der Waals surface area contributed by atoms with Crippen LogP contribution in [0.4, 0.5) is 5.69 Å². The fourth-order valence-corrected chi connectivity index (χ4v) is 3.11. The van der Waals surface area contributed by atoms with Gasteiger partial charge in [0.25, 0.3) is 5.91 Å². The first-order valence-electron chi connectivity index (χ1n) is 8.33. The Bertz CT molecular complexity index is 584. The number of ether oxygens (including phenoxy) is 2. The Morgan fingerprint density at radius 2 is 2.00 bits per heavy atom. The van der Waals surface area contributed by atoms with Gasteiger partial charge in [0.05, 0.1) is 12.8 Å². The molecule has 0 bridgehead atoms. The van der Waals surface area contributed by atoms with E-state index in [-0.39, 0.29) is 5.97 Å². The first kappa shape index (κ1) is 18.6. The van der Waals surface area contributed by atoms with Crippen molar-refractivity contribution in [3.63, 3.8) is 0 Å². The smallest absolute Gasteiger partial charge is 0.306 e. The van der Waals surface area contributed by atoms with Crippen molar-refractivity contribution in [1.29, 1.82) is 0 Å². The number of carbonyl (C=O) groups is 2. The molecule has 0 aliphatic heterocycles. The fourth-order valence-electron chi connectivity index (χ4n) is 2.94. The zero-order valence-corrected chi connectivity index (χ0v) is 14.9. The molecule has 0 aromatic heterocycles. The van der Waals surface area contributed by atoms with Gasteiger partial charge >= 0.3 is 5.97 Å². The summed E-state index contributed by atoms with van der Waals surface area (Å²) >= 11 is 5.94. The maximum absolute atomic E-state index is 12.2. The number of esters is 1. The van der Waals surface area contributed by atoms with Gasteiger partial charge < -0.3 is 14.8 Å². The molecule has 0 saturated heterocycles. The van der Waals surface area contributed by atoms with Crippen molar-refractivity contribution in [2.24, 2.45) is 5.92 Å². The van der Waals surface area contributed by atoms with Crippen LogP contribution >= 0.6 is 11.6 Å². The monoisotopic (exact) mass is 353 g/mol. The topological polar surface area (TPSA) is 64.6 Å². The van der Waals surface area contributed by atoms with Crippen molar-refractivity contribution < 1.29 is 19.1 Å². The number of benzene rings is 1. The minimum atomic E-state index is -0.871. The Labute approximate surface area is 147 Å². The van der Waals surface area contributed by atoms with Gasteiger partial charge in [0.2, 0.25) is 0 Å². The number of hydrogen-bond donors (Lipinski definition) is 1. The highest BCUT2D eigenvalue weighted by Crippen LogP contribution is 2.28. The van der Waals surface area contributed by atoms with Crippen LogP contribution in [0.2, 0.25) is 5.02 Å². The van der Waals surface area contributed by atoms with Crippen molar-refractivity contribution in [2.75, 3.05) is 12.4 Å². The molecule has 1 atom stereocenters. The molecule has 1 amide bonds. The molecule has 0 spiro atoms. The Morgan fingerprint density at radius 3 is 2.67 bits per heavy atom. The molecule has 132 valence electrons. The molecule has 1 aliphatic carbocycles. The fraction of sp³-hybridized carbons (Fsp3) is 0.556. The highest BCUT2D eigenvalue weighted by molar-refractivity contribution is 6.31. The molecule has 0 heterocycles. The van der Waals surface area contributed by atoms with Gasteiger partial charge in [0.15, 0.2) is 6.10 Å². The van der Waals surface area contributed by atoms with Gasteiger partial charge in [0, 0.05) is 11.4 Å². The molecule has 1 fully saturated rings. The van der Waals surface area contributed by atoms with Gasteiger partial charge in [-0.05, 0) is 43.9 Å². The van der Waals surface area contributed by atoms with Gasteiger partial charge in [0.1, 0.15) is 5.75 Å². The van der Waals surface area contributed by atoms with Crippen LogP contribution < -0.4 is 10.1 Å². The average Bonchev–Trinajstić information content (AvgIpc) is 2.55. The van der Waals surface area contributed by atoms with Crippen molar-refractivity contribution in [2.45, 2.75) is 51.6 Å². The molecule has 24 heavy (non-hydrogen) atoms. The van der Waals surface area contributed by atoms with Crippen LogP contribution in [-0.4, -0.2) is 25.1 Å². The molecule has 1 aliphatic rings. The highest BCUT2D eigenvalue weighted by atomic mass is 35.5. The molecule has 0 radical (unpaired) electrons. The van der Waals surface area contributed by atoms with E-state index in [9.17, 15) is 9.59 Å². The number of nitrogens with one attached hydrogen (secondary N) is 1. The van der Waals surface area contributed by atoms with E-state index in [4.69, 9.17) is 21.1 Å². The van der Waals surface area contributed by atoms with Crippen LogP contribution in [0, 0.1) is 5.92 Å². The normalized spacial score (nSPS) is 16.3. The minimum absolute atomic E-state index is 0.317. The summed E-state index contributed by atoms with van der Waals surface area (Å²) in [6, 6.07) is 4.93. The number of hydrogen-bond acceptors (Lipinski definition) is 4. The maximum atomic E-state index is 12.2. The Kier molecular flexibility index (Phi) is 6.91. The van der Waals surface area contributed by atoms with E-state index in [0.29, 0.717) is 28.8 Å². The van der Waals surface area contributed by atoms with E-state index >= 15 is 0 Å². The van der Waals surface area contributed by atoms with Gasteiger partial charge in [-0.15, -0.1) is 0 Å². The van der Waals surface area contributed by atoms with Crippen LogP contribution in [0.25, 0.3) is 0 Å². The number of halogens is 1. The molecular formula is C18H24ClNO4. The summed E-state index contributed by atoms with van der Waals surface area (Å²) in [5.74, 6) is 0.151. The van der Waals surface area contributed by atoms with Crippen LogP contribution in [-0.2, 0) is 14.3 Å². The first-order valence-corrected chi connectivity index (χ1v) is 8.71. The molecule has 1 aromatic rings. The number of carbonyl (C=O) groups excluding carboxylic acids is 2. The third kappa shape index (κ3) is 5.41. The average molecular weight is 354 g/mol. The molecular weight excluding hydrogens is 330 g/mol. The van der Waals surface area contributed by atoms with Gasteiger partial charge in [-0.3, -0.25) is 9.59 Å². The summed E-state index contributed by atoms with van der Waals surface area (Å²) in [5, 5.41) is 3.17. The SMILES string of the molecule is COc1ccc(Cl)cc1NC(=O)C(C)OC(=O)CC1CCCCC1. The van der Waals surface area contributed by atoms with Crippen LogP contribution in [0.1, 0.15) is 45.4 Å². The van der Waals surface area contributed by atoms with E-state index < -0.39 is 12.0 Å². The van der Waals surface area contributed by atoms with Gasteiger partial charge in [-0.2, -0.15) is 0 Å². The lowest BCUT2D eigenvalue weighted by molar-refractivity contribution is -0.154. The molecule has 6 heteroatoms. The summed E-state index contributed by atoms with van der Waals surface area (Å²) < 4.78 is 10.4. The van der Waals surface area contributed by atoms with Crippen molar-refractivity contribution in [1.82, 2.24) is 0 Å². The van der Waals surface area contributed by atoms with Crippen LogP contribution in [0.5, 0.6) is 5.75 Å².